The Labute approximate surface area is 103 Å². The Balaban J connectivity index is 2.41. The second-order valence-electron chi connectivity index (χ2n) is 4.86. The van der Waals surface area contributed by atoms with Gasteiger partial charge in [-0.25, -0.2) is 0 Å². The second-order valence-corrected chi connectivity index (χ2v) is 4.86. The zero-order valence-corrected chi connectivity index (χ0v) is 10.7. The van der Waals surface area contributed by atoms with Gasteiger partial charge < -0.3 is 10.0 Å². The largest absolute Gasteiger partial charge is 0.480 e. The van der Waals surface area contributed by atoms with Crippen LogP contribution in [0.5, 0.6) is 0 Å². The quantitative estimate of drug-likeness (QED) is 0.751. The molecule has 1 saturated carbocycles. The molecule has 0 bridgehead atoms. The Bertz CT molecular complexity index is 257. The zero-order chi connectivity index (χ0) is 12.7. The Morgan fingerprint density at radius 2 is 1.76 bits per heavy atom. The number of carbonyl (C=O) groups excluding carboxylic acids is 1. The van der Waals surface area contributed by atoms with Gasteiger partial charge in [0.2, 0.25) is 5.91 Å². The van der Waals surface area contributed by atoms with E-state index < -0.39 is 5.97 Å². The zero-order valence-electron chi connectivity index (χ0n) is 10.7. The van der Waals surface area contributed by atoms with Crippen molar-refractivity contribution in [3.63, 3.8) is 0 Å². The maximum atomic E-state index is 12.0. The lowest BCUT2D eigenvalue weighted by Gasteiger charge is -2.21. The molecule has 0 radical (unpaired) electrons. The Kier molecular flexibility index (Phi) is 6.01. The minimum absolute atomic E-state index is 0.00167. The van der Waals surface area contributed by atoms with Gasteiger partial charge >= 0.3 is 5.97 Å². The van der Waals surface area contributed by atoms with E-state index in [2.05, 4.69) is 0 Å². The van der Waals surface area contributed by atoms with Crippen molar-refractivity contribution in [2.24, 2.45) is 5.92 Å². The fourth-order valence-corrected chi connectivity index (χ4v) is 2.48. The molecule has 1 amide bonds. The van der Waals surface area contributed by atoms with Crippen LogP contribution in [0.4, 0.5) is 0 Å². The topological polar surface area (TPSA) is 57.6 Å². The third-order valence-electron chi connectivity index (χ3n) is 3.50. The molecule has 0 aromatic heterocycles. The molecule has 4 heteroatoms. The van der Waals surface area contributed by atoms with E-state index in [9.17, 15) is 9.59 Å². The summed E-state index contributed by atoms with van der Waals surface area (Å²) in [5.74, 6) is -0.462. The smallest absolute Gasteiger partial charge is 0.323 e. The first-order chi connectivity index (χ1) is 8.13. The maximum Gasteiger partial charge on any atom is 0.323 e. The molecule has 0 atom stereocenters. The van der Waals surface area contributed by atoms with Gasteiger partial charge in [0.15, 0.2) is 0 Å². The van der Waals surface area contributed by atoms with Crippen LogP contribution in [-0.4, -0.2) is 35.0 Å². The molecule has 0 aliphatic heterocycles. The van der Waals surface area contributed by atoms with Crippen LogP contribution in [0.25, 0.3) is 0 Å². The van der Waals surface area contributed by atoms with Crippen molar-refractivity contribution in [1.82, 2.24) is 4.90 Å². The summed E-state index contributed by atoms with van der Waals surface area (Å²) >= 11 is 0. The molecule has 4 nitrogen and oxygen atoms in total. The maximum absolute atomic E-state index is 12.0. The molecule has 0 aromatic rings. The van der Waals surface area contributed by atoms with E-state index in [1.165, 1.54) is 30.6 Å². The average Bonchev–Trinajstić information content (AvgIpc) is 2.54. The van der Waals surface area contributed by atoms with Crippen molar-refractivity contribution in [2.75, 3.05) is 13.1 Å². The third kappa shape index (κ3) is 5.20. The van der Waals surface area contributed by atoms with Gasteiger partial charge in [0.05, 0.1) is 0 Å². The van der Waals surface area contributed by atoms with Gasteiger partial charge in [0.1, 0.15) is 6.54 Å². The summed E-state index contributed by atoms with van der Waals surface area (Å²) in [5, 5.41) is 8.72. The molecular weight excluding hydrogens is 218 g/mol. The van der Waals surface area contributed by atoms with Crippen LogP contribution in [0.15, 0.2) is 0 Å². The van der Waals surface area contributed by atoms with Crippen LogP contribution in [0, 0.1) is 5.92 Å². The minimum atomic E-state index is -0.930. The second kappa shape index (κ2) is 7.30. The van der Waals surface area contributed by atoms with Gasteiger partial charge in [-0.1, -0.05) is 25.7 Å². The number of likely N-dealkylation sites (N-methyl/N-ethyl adjacent to an activating group) is 1. The summed E-state index contributed by atoms with van der Waals surface area (Å²) in [6, 6.07) is 0. The highest BCUT2D eigenvalue weighted by Gasteiger charge is 2.20. The predicted octanol–water partition coefficient (Wildman–Crippen LogP) is 2.28. The molecule has 1 fully saturated rings. The summed E-state index contributed by atoms with van der Waals surface area (Å²) in [6.07, 6.45) is 7.74. The third-order valence-corrected chi connectivity index (χ3v) is 3.50. The number of carboxylic acids is 1. The molecule has 0 saturated heterocycles. The van der Waals surface area contributed by atoms with Gasteiger partial charge in [0.25, 0.3) is 0 Å². The van der Waals surface area contributed by atoms with Gasteiger partial charge in [-0.15, -0.1) is 0 Å². The molecule has 0 spiro atoms. The normalized spacial score (nSPS) is 17.5. The molecule has 1 aliphatic carbocycles. The van der Waals surface area contributed by atoms with Crippen LogP contribution >= 0.6 is 0 Å². The molecular formula is C13H23NO3. The lowest BCUT2D eigenvalue weighted by Crippen LogP contribution is -2.36. The lowest BCUT2D eigenvalue weighted by molar-refractivity contribution is -0.144. The van der Waals surface area contributed by atoms with Gasteiger partial charge in [-0.2, -0.15) is 0 Å². The number of aliphatic carboxylic acids is 1. The van der Waals surface area contributed by atoms with Crippen LogP contribution in [-0.2, 0) is 9.59 Å². The highest BCUT2D eigenvalue weighted by Crippen LogP contribution is 2.25. The number of hydrogen-bond acceptors (Lipinski definition) is 2. The molecule has 0 aromatic carbocycles. The average molecular weight is 241 g/mol. The Morgan fingerprint density at radius 1 is 1.18 bits per heavy atom. The molecule has 0 heterocycles. The van der Waals surface area contributed by atoms with E-state index in [-0.39, 0.29) is 12.5 Å². The van der Waals surface area contributed by atoms with Crippen LogP contribution in [0.3, 0.4) is 0 Å². The van der Waals surface area contributed by atoms with Gasteiger partial charge in [0, 0.05) is 13.0 Å². The fraction of sp³-hybridized carbons (Fsp3) is 0.846. The van der Waals surface area contributed by atoms with Crippen molar-refractivity contribution in [3.05, 3.63) is 0 Å². The first-order valence-corrected chi connectivity index (χ1v) is 6.63. The number of nitrogens with zero attached hydrogens (tertiary/aromatic N) is 1. The number of rotatable bonds is 5. The first kappa shape index (κ1) is 14.0. The SMILES string of the molecule is CCN(CC(=O)O)C(=O)CC1CCCCCC1. The van der Waals surface area contributed by atoms with E-state index in [4.69, 9.17) is 5.11 Å². The Hall–Kier alpha value is -1.06. The summed E-state index contributed by atoms with van der Waals surface area (Å²) in [7, 11) is 0. The van der Waals surface area contributed by atoms with Gasteiger partial charge in [-0.3, -0.25) is 9.59 Å². The predicted molar refractivity (Wildman–Crippen MR) is 65.7 cm³/mol. The number of carboxylic acid groups (broad SMARTS) is 1. The monoisotopic (exact) mass is 241 g/mol. The van der Waals surface area contributed by atoms with E-state index >= 15 is 0 Å². The molecule has 0 unspecified atom stereocenters. The molecule has 1 rings (SSSR count). The molecule has 1 aliphatic rings. The number of amides is 1. The van der Waals surface area contributed by atoms with Crippen molar-refractivity contribution < 1.29 is 14.7 Å². The van der Waals surface area contributed by atoms with Crippen molar-refractivity contribution in [3.8, 4) is 0 Å². The summed E-state index contributed by atoms with van der Waals surface area (Å²) in [6.45, 7) is 2.15. The number of carbonyl (C=O) groups is 2. The fourth-order valence-electron chi connectivity index (χ4n) is 2.48. The van der Waals surface area contributed by atoms with Crippen molar-refractivity contribution in [2.45, 2.75) is 51.9 Å². The van der Waals surface area contributed by atoms with Crippen LogP contribution in [0.1, 0.15) is 51.9 Å². The molecule has 98 valence electrons. The van der Waals surface area contributed by atoms with E-state index in [0.717, 1.165) is 12.8 Å². The van der Waals surface area contributed by atoms with Crippen LogP contribution in [0.2, 0.25) is 0 Å². The van der Waals surface area contributed by atoms with Crippen molar-refractivity contribution in [1.29, 1.82) is 0 Å². The summed E-state index contributed by atoms with van der Waals surface area (Å²) in [5.41, 5.74) is 0. The highest BCUT2D eigenvalue weighted by atomic mass is 16.4. The minimum Gasteiger partial charge on any atom is -0.480 e. The van der Waals surface area contributed by atoms with E-state index in [1.54, 1.807) is 0 Å². The van der Waals surface area contributed by atoms with Crippen molar-refractivity contribution >= 4 is 11.9 Å². The standard InChI is InChI=1S/C13H23NO3/c1-2-14(10-13(16)17)12(15)9-11-7-5-3-4-6-8-11/h11H,2-10H2,1H3,(H,16,17). The van der Waals surface area contributed by atoms with E-state index in [0.29, 0.717) is 18.9 Å². The lowest BCUT2D eigenvalue weighted by atomic mass is 9.96. The van der Waals surface area contributed by atoms with Crippen LogP contribution < -0.4 is 0 Å². The highest BCUT2D eigenvalue weighted by molar-refractivity contribution is 5.81. The summed E-state index contributed by atoms with van der Waals surface area (Å²) < 4.78 is 0. The Morgan fingerprint density at radius 3 is 2.24 bits per heavy atom. The first-order valence-electron chi connectivity index (χ1n) is 6.63. The van der Waals surface area contributed by atoms with Gasteiger partial charge in [-0.05, 0) is 25.7 Å². The molecule has 17 heavy (non-hydrogen) atoms. The molecule has 1 N–H and O–H groups in total. The number of hydrogen-bond donors (Lipinski definition) is 1. The summed E-state index contributed by atoms with van der Waals surface area (Å²) in [4.78, 5) is 24.0. The van der Waals surface area contributed by atoms with E-state index in [1.807, 2.05) is 6.92 Å².